The highest BCUT2D eigenvalue weighted by molar-refractivity contribution is 7.95. The predicted octanol–water partition coefficient (Wildman–Crippen LogP) is -1.68. The van der Waals surface area contributed by atoms with Gasteiger partial charge in [-0.3, -0.25) is 0 Å². The Morgan fingerprint density at radius 1 is 0.727 bits per heavy atom. The zero-order valence-electron chi connectivity index (χ0n) is 4.49. The maximum Gasteiger partial charge on any atom is 0.445 e. The summed E-state index contributed by atoms with van der Waals surface area (Å²) in [5, 5.41) is 6.46. The molecule has 0 spiro atoms. The molecule has 0 aromatic heterocycles. The molecule has 0 bridgehead atoms. The van der Waals surface area contributed by atoms with Crippen LogP contribution in [0.1, 0.15) is 0 Å². The zero-order valence-corrected chi connectivity index (χ0v) is 6.12. The zero-order chi connectivity index (χ0) is 8.54. The topological polar surface area (TPSA) is 114 Å². The van der Waals surface area contributed by atoms with E-state index in [1.54, 1.807) is 0 Å². The first kappa shape index (κ1) is 8.79. The SMILES string of the molecule is O=S1(=O)OOOOS(=O)(=O)O1. The fraction of sp³-hybridized carbons (Fsp3) is 0. The second-order valence-corrected chi connectivity index (χ2v) is 3.61. The molecule has 1 rings (SSSR count). The minimum atomic E-state index is -4.79. The van der Waals surface area contributed by atoms with Crippen molar-refractivity contribution in [3.8, 4) is 0 Å². The van der Waals surface area contributed by atoms with Crippen LogP contribution in [0.25, 0.3) is 0 Å². The van der Waals surface area contributed by atoms with E-state index >= 15 is 0 Å². The van der Waals surface area contributed by atoms with Crippen LogP contribution < -0.4 is 0 Å². The molecular formula is O9S2. The van der Waals surface area contributed by atoms with Gasteiger partial charge in [-0.05, 0) is 18.7 Å². The monoisotopic (exact) mass is 208 g/mol. The fourth-order valence-corrected chi connectivity index (χ4v) is 1.39. The lowest BCUT2D eigenvalue weighted by atomic mass is 14.4. The normalized spacial score (nSPS) is 29.1. The molecule has 0 saturated carbocycles. The Morgan fingerprint density at radius 3 is 1.45 bits per heavy atom. The summed E-state index contributed by atoms with van der Waals surface area (Å²) in [5.74, 6) is 0. The molecule has 1 aliphatic rings. The second-order valence-electron chi connectivity index (χ2n) is 1.16. The molecule has 0 aromatic rings. The number of hydrogen-bond donors (Lipinski definition) is 0. The molecular weight excluding hydrogens is 208 g/mol. The van der Waals surface area contributed by atoms with Gasteiger partial charge in [0.15, 0.2) is 0 Å². The molecule has 0 radical (unpaired) electrons. The van der Waals surface area contributed by atoms with Gasteiger partial charge in [-0.1, -0.05) is 3.63 Å². The van der Waals surface area contributed by atoms with Crippen LogP contribution in [-0.4, -0.2) is 16.8 Å². The Bertz CT molecular complexity index is 281. The molecule has 1 saturated heterocycles. The van der Waals surface area contributed by atoms with Gasteiger partial charge in [0.2, 0.25) is 0 Å². The van der Waals surface area contributed by atoms with Crippen molar-refractivity contribution < 1.29 is 39.2 Å². The van der Waals surface area contributed by atoms with Crippen LogP contribution in [0.2, 0.25) is 0 Å². The van der Waals surface area contributed by atoms with E-state index in [-0.39, 0.29) is 0 Å². The molecule has 1 heterocycles. The minimum absolute atomic E-state index is 3.23. The van der Waals surface area contributed by atoms with Gasteiger partial charge in [0, 0.05) is 0 Å². The van der Waals surface area contributed by atoms with Gasteiger partial charge in [0.25, 0.3) is 0 Å². The Morgan fingerprint density at radius 2 is 1.09 bits per heavy atom. The molecule has 0 aliphatic carbocycles. The maximum atomic E-state index is 10.2. The molecule has 11 heteroatoms. The van der Waals surface area contributed by atoms with Crippen LogP contribution in [0.4, 0.5) is 0 Å². The first-order valence-corrected chi connectivity index (χ1v) is 4.50. The summed E-state index contributed by atoms with van der Waals surface area (Å²) in [4.78, 5) is 0. The predicted molar refractivity (Wildman–Crippen MR) is 23.3 cm³/mol. The Hall–Kier alpha value is -0.300. The lowest BCUT2D eigenvalue weighted by Gasteiger charge is -1.90. The van der Waals surface area contributed by atoms with Crippen molar-refractivity contribution in [3.05, 3.63) is 0 Å². The quantitative estimate of drug-likeness (QED) is 0.430. The molecule has 0 N–H and O–H groups in total. The minimum Gasteiger partial charge on any atom is -0.165 e. The van der Waals surface area contributed by atoms with Crippen LogP contribution in [0.5, 0.6) is 0 Å². The average Bonchev–Trinajstić information content (AvgIpc) is 1.86. The summed E-state index contributed by atoms with van der Waals surface area (Å²) in [6.45, 7) is 0. The van der Waals surface area contributed by atoms with E-state index < -0.39 is 20.8 Å². The van der Waals surface area contributed by atoms with Crippen molar-refractivity contribution in [2.24, 2.45) is 0 Å². The van der Waals surface area contributed by atoms with Crippen LogP contribution in [-0.2, 0) is 43.2 Å². The third-order valence-electron chi connectivity index (χ3n) is 0.417. The smallest absolute Gasteiger partial charge is 0.165 e. The van der Waals surface area contributed by atoms with Crippen LogP contribution in [0.3, 0.4) is 0 Å². The molecule has 0 amide bonds. The van der Waals surface area contributed by atoms with E-state index in [0.717, 1.165) is 0 Å². The lowest BCUT2D eigenvalue weighted by molar-refractivity contribution is -0.573. The fourth-order valence-electron chi connectivity index (χ4n) is 0.215. The summed E-state index contributed by atoms with van der Waals surface area (Å²) in [6, 6.07) is 0. The lowest BCUT2D eigenvalue weighted by Crippen LogP contribution is -2.12. The van der Waals surface area contributed by atoms with Crippen molar-refractivity contribution >= 4 is 20.8 Å². The second kappa shape index (κ2) is 2.63. The van der Waals surface area contributed by atoms with Gasteiger partial charge >= 0.3 is 20.8 Å². The molecule has 0 atom stereocenters. The Kier molecular flexibility index (Phi) is 2.10. The third kappa shape index (κ3) is 2.66. The standard InChI is InChI=1S/O9S2/c1-10(2)7-5-6-8-11(3,4)9-10. The largest absolute Gasteiger partial charge is 0.445 e. The molecule has 9 nitrogen and oxygen atoms in total. The van der Waals surface area contributed by atoms with Crippen molar-refractivity contribution in [1.82, 2.24) is 0 Å². The summed E-state index contributed by atoms with van der Waals surface area (Å²) >= 11 is 0. The molecule has 0 unspecified atom stereocenters. The number of hydrogen-bond acceptors (Lipinski definition) is 9. The van der Waals surface area contributed by atoms with E-state index in [4.69, 9.17) is 0 Å². The Balaban J connectivity index is 2.96. The molecule has 0 aromatic carbocycles. The first-order valence-electron chi connectivity index (χ1n) is 1.83. The van der Waals surface area contributed by atoms with Gasteiger partial charge < -0.3 is 0 Å². The van der Waals surface area contributed by atoms with Gasteiger partial charge in [-0.25, -0.2) is 0 Å². The molecule has 1 aliphatic heterocycles. The molecule has 66 valence electrons. The first-order chi connectivity index (χ1) is 4.91. The van der Waals surface area contributed by atoms with Gasteiger partial charge in [0.05, 0.1) is 0 Å². The van der Waals surface area contributed by atoms with Crippen LogP contribution in [0.15, 0.2) is 0 Å². The van der Waals surface area contributed by atoms with Crippen LogP contribution >= 0.6 is 0 Å². The maximum absolute atomic E-state index is 10.2. The van der Waals surface area contributed by atoms with Gasteiger partial charge in [0.1, 0.15) is 0 Å². The molecule has 11 heavy (non-hydrogen) atoms. The van der Waals surface area contributed by atoms with Crippen molar-refractivity contribution in [2.75, 3.05) is 0 Å². The van der Waals surface area contributed by atoms with Gasteiger partial charge in [-0.15, -0.1) is 0 Å². The van der Waals surface area contributed by atoms with Crippen molar-refractivity contribution in [3.63, 3.8) is 0 Å². The van der Waals surface area contributed by atoms with E-state index in [2.05, 4.69) is 22.4 Å². The van der Waals surface area contributed by atoms with E-state index in [9.17, 15) is 16.8 Å². The summed E-state index contributed by atoms with van der Waals surface area (Å²) in [5.41, 5.74) is 0. The van der Waals surface area contributed by atoms with E-state index in [0.29, 0.717) is 0 Å². The summed E-state index contributed by atoms with van der Waals surface area (Å²) < 4.78 is 50.4. The molecule has 1 fully saturated rings. The van der Waals surface area contributed by atoms with Crippen molar-refractivity contribution in [1.29, 1.82) is 0 Å². The summed E-state index contributed by atoms with van der Waals surface area (Å²) in [6.07, 6.45) is 0. The highest BCUT2D eigenvalue weighted by Crippen LogP contribution is 2.10. The third-order valence-corrected chi connectivity index (χ3v) is 2.19. The van der Waals surface area contributed by atoms with E-state index in [1.165, 1.54) is 0 Å². The summed E-state index contributed by atoms with van der Waals surface area (Å²) in [7, 11) is -9.57. The van der Waals surface area contributed by atoms with Crippen LogP contribution in [0, 0.1) is 0 Å². The Labute approximate surface area is 60.8 Å². The highest BCUT2D eigenvalue weighted by Gasteiger charge is 2.31. The van der Waals surface area contributed by atoms with Gasteiger partial charge in [-0.2, -0.15) is 16.8 Å². The highest BCUT2D eigenvalue weighted by atomic mass is 32.3. The average molecular weight is 208 g/mol. The van der Waals surface area contributed by atoms with E-state index in [1.807, 2.05) is 0 Å². The van der Waals surface area contributed by atoms with Crippen molar-refractivity contribution in [2.45, 2.75) is 0 Å². The number of rotatable bonds is 0.